The Hall–Kier alpha value is -2.08. The van der Waals surface area contributed by atoms with Crippen LogP contribution in [0.5, 0.6) is 0 Å². The second-order valence-corrected chi connectivity index (χ2v) is 5.53. The van der Waals surface area contributed by atoms with E-state index in [0.29, 0.717) is 0 Å². The topological polar surface area (TPSA) is 58.4 Å². The van der Waals surface area contributed by atoms with Gasteiger partial charge in [-0.1, -0.05) is 6.07 Å². The van der Waals surface area contributed by atoms with E-state index in [-0.39, 0.29) is 10.6 Å². The number of non-ortho nitro benzene ring substituents is 1. The van der Waals surface area contributed by atoms with Crippen molar-refractivity contribution in [3.8, 4) is 0 Å². The first kappa shape index (κ1) is 14.3. The van der Waals surface area contributed by atoms with E-state index in [9.17, 15) is 10.1 Å². The first-order valence-electron chi connectivity index (χ1n) is 6.31. The molecule has 2 rings (SSSR count). The van der Waals surface area contributed by atoms with E-state index in [2.05, 4.69) is 16.8 Å². The van der Waals surface area contributed by atoms with E-state index < -0.39 is 0 Å². The molecule has 0 aliphatic carbocycles. The van der Waals surface area contributed by atoms with Crippen LogP contribution in [0.3, 0.4) is 0 Å². The maximum absolute atomic E-state index is 10.9. The number of anilines is 2. The third kappa shape index (κ3) is 3.48. The Morgan fingerprint density at radius 3 is 2.80 bits per heavy atom. The summed E-state index contributed by atoms with van der Waals surface area (Å²) in [7, 11) is 3.71. The summed E-state index contributed by atoms with van der Waals surface area (Å²) in [5.41, 5.74) is 1.70. The molecule has 1 heterocycles. The van der Waals surface area contributed by atoms with Gasteiger partial charge in [0.15, 0.2) is 0 Å². The highest BCUT2D eigenvalue weighted by atomic mass is 32.1. The van der Waals surface area contributed by atoms with E-state index in [1.54, 1.807) is 24.5 Å². The minimum absolute atomic E-state index is 0.106. The molecule has 0 aliphatic rings. The monoisotopic (exact) mass is 291 g/mol. The second-order valence-electron chi connectivity index (χ2n) is 4.50. The van der Waals surface area contributed by atoms with Crippen LogP contribution in [-0.2, 0) is 6.42 Å². The Bertz CT molecular complexity index is 584. The van der Waals surface area contributed by atoms with E-state index >= 15 is 0 Å². The zero-order valence-electron chi connectivity index (χ0n) is 11.5. The number of nitrogens with one attached hydrogen (secondary N) is 1. The maximum Gasteiger partial charge on any atom is 0.273 e. The minimum atomic E-state index is -0.364. The molecule has 0 saturated heterocycles. The van der Waals surface area contributed by atoms with Gasteiger partial charge in [-0.3, -0.25) is 10.1 Å². The summed E-state index contributed by atoms with van der Waals surface area (Å²) in [6, 6.07) is 9.20. The summed E-state index contributed by atoms with van der Waals surface area (Å²) in [6.07, 6.45) is 0.936. The molecule has 5 nitrogen and oxygen atoms in total. The van der Waals surface area contributed by atoms with Gasteiger partial charge in [-0.05, 0) is 23.9 Å². The molecule has 2 aromatic rings. The van der Waals surface area contributed by atoms with Crippen LogP contribution in [-0.4, -0.2) is 25.6 Å². The summed E-state index contributed by atoms with van der Waals surface area (Å²) in [4.78, 5) is 13.9. The third-order valence-corrected chi connectivity index (χ3v) is 4.05. The summed E-state index contributed by atoms with van der Waals surface area (Å²) in [5.74, 6) is 0. The van der Waals surface area contributed by atoms with Crippen LogP contribution in [0, 0.1) is 10.1 Å². The van der Waals surface area contributed by atoms with Crippen LogP contribution >= 0.6 is 11.3 Å². The fraction of sp³-hybridized carbons (Fsp3) is 0.286. The van der Waals surface area contributed by atoms with Crippen molar-refractivity contribution in [3.63, 3.8) is 0 Å². The van der Waals surface area contributed by atoms with Gasteiger partial charge < -0.3 is 10.2 Å². The molecular weight excluding hydrogens is 274 g/mol. The molecular formula is C14H17N3O2S. The number of thiophene rings is 1. The summed E-state index contributed by atoms with van der Waals surface area (Å²) >= 11 is 1.73. The van der Waals surface area contributed by atoms with E-state index in [4.69, 9.17) is 0 Å². The normalized spacial score (nSPS) is 10.3. The molecule has 1 N–H and O–H groups in total. The fourth-order valence-electron chi connectivity index (χ4n) is 1.93. The van der Waals surface area contributed by atoms with Gasteiger partial charge >= 0.3 is 0 Å². The van der Waals surface area contributed by atoms with Crippen molar-refractivity contribution < 1.29 is 4.92 Å². The zero-order valence-corrected chi connectivity index (χ0v) is 12.3. The Morgan fingerprint density at radius 1 is 1.40 bits per heavy atom. The number of rotatable bonds is 6. The van der Waals surface area contributed by atoms with Crippen molar-refractivity contribution in [3.05, 3.63) is 50.7 Å². The lowest BCUT2D eigenvalue weighted by Crippen LogP contribution is -2.20. The highest BCUT2D eigenvalue weighted by Gasteiger charge is 2.12. The van der Waals surface area contributed by atoms with Gasteiger partial charge in [0.05, 0.1) is 4.92 Å². The van der Waals surface area contributed by atoms with Gasteiger partial charge in [0.2, 0.25) is 0 Å². The quantitative estimate of drug-likeness (QED) is 0.655. The molecule has 0 spiro atoms. The summed E-state index contributed by atoms with van der Waals surface area (Å²) < 4.78 is 0. The lowest BCUT2D eigenvalue weighted by atomic mass is 10.2. The Labute approximate surface area is 122 Å². The largest absolute Gasteiger partial charge is 0.388 e. The molecule has 20 heavy (non-hydrogen) atoms. The number of nitrogens with zero attached hydrogens (tertiary/aromatic N) is 2. The number of nitro groups is 1. The molecule has 0 fully saturated rings. The lowest BCUT2D eigenvalue weighted by Gasteiger charge is -2.19. The minimum Gasteiger partial charge on any atom is -0.388 e. The Balaban J connectivity index is 2.13. The van der Waals surface area contributed by atoms with Gasteiger partial charge in [-0.2, -0.15) is 0 Å². The highest BCUT2D eigenvalue weighted by molar-refractivity contribution is 7.09. The van der Waals surface area contributed by atoms with Crippen LogP contribution in [0.15, 0.2) is 35.7 Å². The highest BCUT2D eigenvalue weighted by Crippen LogP contribution is 2.26. The average Bonchev–Trinajstić information content (AvgIpc) is 2.97. The first-order valence-corrected chi connectivity index (χ1v) is 7.19. The number of likely N-dealkylation sites (N-methyl/N-ethyl adjacent to an activating group) is 1. The molecule has 0 radical (unpaired) electrons. The van der Waals surface area contributed by atoms with Gasteiger partial charge in [-0.15, -0.1) is 11.3 Å². The van der Waals surface area contributed by atoms with Crippen molar-refractivity contribution in [1.29, 1.82) is 0 Å². The van der Waals surface area contributed by atoms with Crippen LogP contribution in [0.1, 0.15) is 4.88 Å². The van der Waals surface area contributed by atoms with Gasteiger partial charge in [-0.25, -0.2) is 0 Å². The lowest BCUT2D eigenvalue weighted by molar-refractivity contribution is -0.384. The molecule has 0 amide bonds. The van der Waals surface area contributed by atoms with Crippen LogP contribution in [0.4, 0.5) is 17.1 Å². The van der Waals surface area contributed by atoms with E-state index in [1.165, 1.54) is 10.9 Å². The predicted molar refractivity (Wildman–Crippen MR) is 83.9 cm³/mol. The third-order valence-electron chi connectivity index (χ3n) is 3.12. The molecule has 0 atom stereocenters. The molecule has 0 saturated carbocycles. The van der Waals surface area contributed by atoms with Crippen molar-refractivity contribution >= 4 is 28.4 Å². The SMILES string of the molecule is CNc1cc(N(C)CCc2cccs2)cc([N+](=O)[O-])c1. The summed E-state index contributed by atoms with van der Waals surface area (Å²) in [5, 5.41) is 16.0. The molecule has 0 aliphatic heterocycles. The molecule has 1 aromatic heterocycles. The first-order chi connectivity index (χ1) is 9.60. The summed E-state index contributed by atoms with van der Waals surface area (Å²) in [6.45, 7) is 0.824. The Kier molecular flexibility index (Phi) is 4.57. The van der Waals surface area contributed by atoms with E-state index in [1.807, 2.05) is 24.1 Å². The van der Waals surface area contributed by atoms with Gasteiger partial charge in [0.25, 0.3) is 5.69 Å². The number of hydrogen-bond acceptors (Lipinski definition) is 5. The van der Waals surface area contributed by atoms with Gasteiger partial charge in [0.1, 0.15) is 0 Å². The Morgan fingerprint density at radius 2 is 2.20 bits per heavy atom. The molecule has 0 unspecified atom stereocenters. The average molecular weight is 291 g/mol. The van der Waals surface area contributed by atoms with Crippen LogP contribution in [0.2, 0.25) is 0 Å². The van der Waals surface area contributed by atoms with Gasteiger partial charge in [0, 0.05) is 49.0 Å². The zero-order chi connectivity index (χ0) is 14.5. The van der Waals surface area contributed by atoms with Crippen molar-refractivity contribution in [2.45, 2.75) is 6.42 Å². The predicted octanol–water partition coefficient (Wildman–Crippen LogP) is 3.38. The van der Waals surface area contributed by atoms with Crippen molar-refractivity contribution in [2.75, 3.05) is 30.9 Å². The standard InChI is InChI=1S/C14H17N3O2S/c1-15-11-8-12(10-13(9-11)17(18)19)16(2)6-5-14-4-3-7-20-14/h3-4,7-10,15H,5-6H2,1-2H3. The van der Waals surface area contributed by atoms with Crippen LogP contribution in [0.25, 0.3) is 0 Å². The maximum atomic E-state index is 10.9. The number of benzene rings is 1. The molecule has 106 valence electrons. The van der Waals surface area contributed by atoms with Crippen LogP contribution < -0.4 is 10.2 Å². The van der Waals surface area contributed by atoms with Crippen molar-refractivity contribution in [1.82, 2.24) is 0 Å². The fourth-order valence-corrected chi connectivity index (χ4v) is 2.63. The number of hydrogen-bond donors (Lipinski definition) is 1. The molecule has 6 heteroatoms. The molecule has 0 bridgehead atoms. The number of nitro benzene ring substituents is 1. The smallest absolute Gasteiger partial charge is 0.273 e. The second kappa shape index (κ2) is 6.38. The van der Waals surface area contributed by atoms with Crippen molar-refractivity contribution in [2.24, 2.45) is 0 Å². The molecule has 1 aromatic carbocycles. The van der Waals surface area contributed by atoms with E-state index in [0.717, 1.165) is 24.3 Å².